The molecule has 1 aromatic rings. The molecule has 0 bridgehead atoms. The molecule has 1 saturated carbocycles. The topological polar surface area (TPSA) is 83.1 Å². The maximum Gasteiger partial charge on any atom is 0.338 e. The van der Waals surface area contributed by atoms with E-state index in [1.165, 1.54) is 19.2 Å². The number of nitrogens with one attached hydrogen (secondary N) is 1. The summed E-state index contributed by atoms with van der Waals surface area (Å²) >= 11 is 0. The Balaban J connectivity index is 1.61. The summed E-state index contributed by atoms with van der Waals surface area (Å²) in [4.78, 5) is 24.0. The first-order valence-corrected chi connectivity index (χ1v) is 8.11. The molecule has 2 aliphatic rings. The van der Waals surface area contributed by atoms with Gasteiger partial charge in [0.2, 0.25) is 5.75 Å². The van der Waals surface area contributed by atoms with Gasteiger partial charge in [-0.3, -0.25) is 4.79 Å². The average molecular weight is 335 g/mol. The van der Waals surface area contributed by atoms with Crippen LogP contribution >= 0.6 is 0 Å². The van der Waals surface area contributed by atoms with Gasteiger partial charge in [-0.05, 0) is 25.0 Å². The Kier molecular flexibility index (Phi) is 5.08. The Bertz CT molecular complexity index is 607. The molecule has 0 aromatic heterocycles. The van der Waals surface area contributed by atoms with E-state index in [9.17, 15) is 9.59 Å². The fourth-order valence-corrected chi connectivity index (χ4v) is 2.94. The SMILES string of the molecule is COc1cc(C(=O)OCC(=O)NC2CCCC2)cc2c1OCCO2. The largest absolute Gasteiger partial charge is 0.493 e. The van der Waals surface area contributed by atoms with Crippen LogP contribution in [-0.4, -0.2) is 44.8 Å². The number of rotatable bonds is 5. The molecule has 24 heavy (non-hydrogen) atoms. The molecule has 1 heterocycles. The van der Waals surface area contributed by atoms with Gasteiger partial charge in [0.1, 0.15) is 13.2 Å². The zero-order valence-corrected chi connectivity index (χ0v) is 13.6. The van der Waals surface area contributed by atoms with E-state index in [-0.39, 0.29) is 24.1 Å². The lowest BCUT2D eigenvalue weighted by Crippen LogP contribution is -2.35. The van der Waals surface area contributed by atoms with Crippen molar-refractivity contribution in [3.8, 4) is 17.2 Å². The summed E-state index contributed by atoms with van der Waals surface area (Å²) in [6, 6.07) is 3.25. The molecule has 3 rings (SSSR count). The first-order chi connectivity index (χ1) is 11.7. The molecule has 1 amide bonds. The van der Waals surface area contributed by atoms with Gasteiger partial charge in [-0.25, -0.2) is 4.79 Å². The van der Waals surface area contributed by atoms with E-state index in [2.05, 4.69) is 5.32 Å². The number of carbonyl (C=O) groups excluding carboxylic acids is 2. The zero-order valence-electron chi connectivity index (χ0n) is 13.6. The zero-order chi connectivity index (χ0) is 16.9. The lowest BCUT2D eigenvalue weighted by Gasteiger charge is -2.21. The second-order valence-corrected chi connectivity index (χ2v) is 5.83. The third-order valence-corrected chi connectivity index (χ3v) is 4.12. The number of amides is 1. The van der Waals surface area contributed by atoms with Gasteiger partial charge < -0.3 is 24.3 Å². The minimum absolute atomic E-state index is 0.200. The third-order valence-electron chi connectivity index (χ3n) is 4.12. The quantitative estimate of drug-likeness (QED) is 0.825. The second-order valence-electron chi connectivity index (χ2n) is 5.83. The van der Waals surface area contributed by atoms with Crippen LogP contribution in [0.3, 0.4) is 0 Å². The van der Waals surface area contributed by atoms with Gasteiger partial charge >= 0.3 is 5.97 Å². The summed E-state index contributed by atoms with van der Waals surface area (Å²) in [6.45, 7) is 0.527. The van der Waals surface area contributed by atoms with Crippen LogP contribution in [0.2, 0.25) is 0 Å². The number of methoxy groups -OCH3 is 1. The molecule has 1 fully saturated rings. The molecule has 130 valence electrons. The minimum Gasteiger partial charge on any atom is -0.493 e. The molecular weight excluding hydrogens is 314 g/mol. The molecule has 7 nitrogen and oxygen atoms in total. The van der Waals surface area contributed by atoms with E-state index in [0.29, 0.717) is 30.5 Å². The fraction of sp³-hybridized carbons (Fsp3) is 0.529. The van der Waals surface area contributed by atoms with Crippen LogP contribution in [-0.2, 0) is 9.53 Å². The summed E-state index contributed by atoms with van der Waals surface area (Å²) < 4.78 is 21.3. The van der Waals surface area contributed by atoms with Crippen molar-refractivity contribution in [1.29, 1.82) is 0 Å². The number of hydrogen-bond donors (Lipinski definition) is 1. The van der Waals surface area contributed by atoms with Crippen LogP contribution in [0.5, 0.6) is 17.2 Å². The van der Waals surface area contributed by atoms with E-state index in [1.807, 2.05) is 0 Å². The van der Waals surface area contributed by atoms with Crippen LogP contribution in [0.1, 0.15) is 36.0 Å². The van der Waals surface area contributed by atoms with E-state index in [0.717, 1.165) is 25.7 Å². The first kappa shape index (κ1) is 16.4. The maximum atomic E-state index is 12.2. The highest BCUT2D eigenvalue weighted by Crippen LogP contribution is 2.40. The van der Waals surface area contributed by atoms with Crippen molar-refractivity contribution in [3.05, 3.63) is 17.7 Å². The maximum absolute atomic E-state index is 12.2. The number of carbonyl (C=O) groups is 2. The normalized spacial score (nSPS) is 16.5. The van der Waals surface area contributed by atoms with Crippen LogP contribution < -0.4 is 19.5 Å². The predicted molar refractivity (Wildman–Crippen MR) is 84.7 cm³/mol. The van der Waals surface area contributed by atoms with Gasteiger partial charge in [0.15, 0.2) is 18.1 Å². The highest BCUT2D eigenvalue weighted by atomic mass is 16.6. The molecule has 1 N–H and O–H groups in total. The van der Waals surface area contributed by atoms with Gasteiger partial charge in [-0.1, -0.05) is 12.8 Å². The third kappa shape index (κ3) is 3.72. The molecule has 0 radical (unpaired) electrons. The monoisotopic (exact) mass is 335 g/mol. The summed E-state index contributed by atoms with van der Waals surface area (Å²) in [5, 5.41) is 2.87. The summed E-state index contributed by atoms with van der Waals surface area (Å²) in [5.74, 6) is 0.420. The van der Waals surface area contributed by atoms with Crippen LogP contribution in [0, 0.1) is 0 Å². The Morgan fingerprint density at radius 3 is 2.71 bits per heavy atom. The van der Waals surface area contributed by atoms with Crippen molar-refractivity contribution < 1.29 is 28.5 Å². The molecule has 0 saturated heterocycles. The molecular formula is C17H21NO6. The summed E-state index contributed by atoms with van der Waals surface area (Å²) in [6.07, 6.45) is 4.22. The summed E-state index contributed by atoms with van der Waals surface area (Å²) in [5.41, 5.74) is 0.254. The van der Waals surface area contributed by atoms with Crippen molar-refractivity contribution >= 4 is 11.9 Å². The Morgan fingerprint density at radius 2 is 1.96 bits per heavy atom. The molecule has 1 aliphatic heterocycles. The van der Waals surface area contributed by atoms with Gasteiger partial charge in [0.05, 0.1) is 12.7 Å². The lowest BCUT2D eigenvalue weighted by atomic mass is 10.1. The van der Waals surface area contributed by atoms with Crippen LogP contribution in [0.25, 0.3) is 0 Å². The Morgan fingerprint density at radius 1 is 1.21 bits per heavy atom. The predicted octanol–water partition coefficient (Wildman–Crippen LogP) is 1.68. The van der Waals surface area contributed by atoms with E-state index in [1.54, 1.807) is 0 Å². The van der Waals surface area contributed by atoms with Crippen LogP contribution in [0.15, 0.2) is 12.1 Å². The van der Waals surface area contributed by atoms with Crippen molar-refractivity contribution in [2.45, 2.75) is 31.7 Å². The number of benzene rings is 1. The van der Waals surface area contributed by atoms with Gasteiger partial charge in [0, 0.05) is 6.04 Å². The number of esters is 1. The van der Waals surface area contributed by atoms with E-state index in [4.69, 9.17) is 18.9 Å². The number of hydrogen-bond acceptors (Lipinski definition) is 6. The highest BCUT2D eigenvalue weighted by molar-refractivity contribution is 5.92. The molecule has 1 aromatic carbocycles. The van der Waals surface area contributed by atoms with Crippen LogP contribution in [0.4, 0.5) is 0 Å². The van der Waals surface area contributed by atoms with E-state index >= 15 is 0 Å². The van der Waals surface area contributed by atoms with Crippen molar-refractivity contribution in [2.75, 3.05) is 26.9 Å². The average Bonchev–Trinajstić information content (AvgIpc) is 3.11. The summed E-state index contributed by atoms with van der Waals surface area (Å²) in [7, 11) is 1.48. The Hall–Kier alpha value is -2.44. The smallest absolute Gasteiger partial charge is 0.338 e. The molecule has 1 aliphatic carbocycles. The second kappa shape index (κ2) is 7.42. The van der Waals surface area contributed by atoms with Gasteiger partial charge in [-0.15, -0.1) is 0 Å². The highest BCUT2D eigenvalue weighted by Gasteiger charge is 2.22. The minimum atomic E-state index is -0.605. The Labute approximate surface area is 140 Å². The van der Waals surface area contributed by atoms with Crippen molar-refractivity contribution in [2.24, 2.45) is 0 Å². The van der Waals surface area contributed by atoms with E-state index < -0.39 is 5.97 Å². The van der Waals surface area contributed by atoms with Crippen molar-refractivity contribution in [3.63, 3.8) is 0 Å². The van der Waals surface area contributed by atoms with Gasteiger partial charge in [0.25, 0.3) is 5.91 Å². The lowest BCUT2D eigenvalue weighted by molar-refractivity contribution is -0.124. The standard InChI is InChI=1S/C17H21NO6/c1-21-13-8-11(9-14-16(13)23-7-6-22-14)17(20)24-10-15(19)18-12-4-2-3-5-12/h8-9,12H,2-7,10H2,1H3,(H,18,19). The molecule has 0 unspecified atom stereocenters. The first-order valence-electron chi connectivity index (χ1n) is 8.11. The van der Waals surface area contributed by atoms with Gasteiger partial charge in [-0.2, -0.15) is 0 Å². The number of fused-ring (bicyclic) bond motifs is 1. The molecule has 7 heteroatoms. The van der Waals surface area contributed by atoms with Crippen molar-refractivity contribution in [1.82, 2.24) is 5.32 Å². The number of ether oxygens (including phenoxy) is 4. The fourth-order valence-electron chi connectivity index (χ4n) is 2.94. The molecule has 0 spiro atoms. The molecule has 0 atom stereocenters.